The quantitative estimate of drug-likeness (QED) is 0.401. The molecule has 0 radical (unpaired) electrons. The van der Waals surface area contributed by atoms with Crippen LogP contribution in [0.3, 0.4) is 0 Å². The van der Waals surface area contributed by atoms with Crippen LogP contribution in [0, 0.1) is 5.41 Å². The van der Waals surface area contributed by atoms with E-state index in [4.69, 9.17) is 11.1 Å². The predicted octanol–water partition coefficient (Wildman–Crippen LogP) is -0.226. The van der Waals surface area contributed by atoms with Crippen LogP contribution in [-0.4, -0.2) is 5.84 Å². The maximum absolute atomic E-state index is 7.09. The second kappa shape index (κ2) is 2.81. The van der Waals surface area contributed by atoms with Gasteiger partial charge in [0.05, 0.1) is 9.75 Å². The van der Waals surface area contributed by atoms with Gasteiger partial charge < -0.3 is 11.5 Å². The van der Waals surface area contributed by atoms with E-state index < -0.39 is 0 Å². The molecule has 1 heterocycles. The Morgan fingerprint density at radius 2 is 2.40 bits per heavy atom. The van der Waals surface area contributed by atoms with E-state index in [2.05, 4.69) is 5.73 Å². The maximum Gasteiger partial charge on any atom is 0.133 e. The lowest BCUT2D eigenvalue weighted by Crippen LogP contribution is -2.47. The number of rotatable bonds is 2. The van der Waals surface area contributed by atoms with E-state index in [1.807, 2.05) is 12.1 Å². The molecule has 0 atom stereocenters. The predicted molar refractivity (Wildman–Crippen MR) is 41.9 cm³/mol. The highest BCUT2D eigenvalue weighted by atomic mass is 32.1. The summed E-state index contributed by atoms with van der Waals surface area (Å²) in [4.78, 5) is 2.00. The molecule has 0 bridgehead atoms. The van der Waals surface area contributed by atoms with Gasteiger partial charge in [0, 0.05) is 0 Å². The van der Waals surface area contributed by atoms with Gasteiger partial charge in [-0.2, -0.15) is 0 Å². The summed E-state index contributed by atoms with van der Waals surface area (Å²) in [6, 6.07) is 3.81. The molecule has 1 rings (SSSR count). The first-order valence-corrected chi connectivity index (χ1v) is 3.78. The largest absolute Gasteiger partial charge is 0.383 e. The van der Waals surface area contributed by atoms with Crippen LogP contribution < -0.4 is 11.5 Å². The van der Waals surface area contributed by atoms with Crippen LogP contribution in [0.25, 0.3) is 0 Å². The van der Waals surface area contributed by atoms with Crippen LogP contribution in [0.1, 0.15) is 9.75 Å². The van der Waals surface area contributed by atoms with Gasteiger partial charge in [0.1, 0.15) is 12.4 Å². The number of hydrogen-bond donors (Lipinski definition) is 3. The average molecular weight is 156 g/mol. The summed E-state index contributed by atoms with van der Waals surface area (Å²) >= 11 is 1.53. The van der Waals surface area contributed by atoms with E-state index >= 15 is 0 Å². The molecular formula is C6H10N3S+. The Kier molecular flexibility index (Phi) is 2.03. The number of nitrogens with one attached hydrogen (secondary N) is 1. The number of nitrogen functional groups attached to an aromatic ring is 1. The molecule has 0 amide bonds. The third-order valence-corrected chi connectivity index (χ3v) is 2.35. The van der Waals surface area contributed by atoms with Crippen LogP contribution in [0.4, 0.5) is 0 Å². The number of hydrogen-bond acceptors (Lipinski definition) is 2. The second-order valence-electron chi connectivity index (χ2n) is 1.93. The molecule has 0 fully saturated rings. The molecule has 54 valence electrons. The Hall–Kier alpha value is -0.870. The zero-order valence-electron chi connectivity index (χ0n) is 5.55. The minimum atomic E-state index is 0.143. The van der Waals surface area contributed by atoms with Crippen molar-refractivity contribution in [2.45, 2.75) is 6.54 Å². The van der Waals surface area contributed by atoms with Crippen molar-refractivity contribution in [3.63, 3.8) is 0 Å². The van der Waals surface area contributed by atoms with Crippen molar-refractivity contribution >= 4 is 17.2 Å². The number of amidine groups is 1. The Morgan fingerprint density at radius 3 is 2.70 bits per heavy atom. The molecule has 0 aliphatic heterocycles. The van der Waals surface area contributed by atoms with Gasteiger partial charge >= 0.3 is 0 Å². The molecule has 0 saturated heterocycles. The summed E-state index contributed by atoms with van der Waals surface area (Å²) < 4.78 is 0. The molecule has 10 heavy (non-hydrogen) atoms. The molecule has 4 heteroatoms. The minimum Gasteiger partial charge on any atom is -0.383 e. The van der Waals surface area contributed by atoms with Crippen LogP contribution in [-0.2, 0) is 6.54 Å². The van der Waals surface area contributed by atoms with Gasteiger partial charge in [-0.25, -0.2) is 0 Å². The van der Waals surface area contributed by atoms with Gasteiger partial charge in [-0.15, -0.1) is 11.3 Å². The van der Waals surface area contributed by atoms with Crippen molar-refractivity contribution in [3.05, 3.63) is 21.9 Å². The van der Waals surface area contributed by atoms with Crippen molar-refractivity contribution < 1.29 is 5.73 Å². The fraction of sp³-hybridized carbons (Fsp3) is 0.167. The molecule has 0 aliphatic carbocycles. The monoisotopic (exact) mass is 156 g/mol. The van der Waals surface area contributed by atoms with Gasteiger partial charge in [0.2, 0.25) is 0 Å². The lowest BCUT2D eigenvalue weighted by Gasteiger charge is -1.86. The smallest absolute Gasteiger partial charge is 0.133 e. The van der Waals surface area contributed by atoms with E-state index in [1.54, 1.807) is 0 Å². The number of quaternary nitrogens is 1. The first kappa shape index (κ1) is 7.24. The van der Waals surface area contributed by atoms with Gasteiger partial charge in [-0.05, 0) is 12.1 Å². The molecule has 1 aromatic rings. The first-order valence-electron chi connectivity index (χ1n) is 2.96. The summed E-state index contributed by atoms with van der Waals surface area (Å²) in [7, 11) is 0. The normalized spacial score (nSPS) is 9.70. The standard InChI is InChI=1S/C6H9N3S/c7-3-4-1-2-5(10-4)6(8)9/h1-2H,3,7H2,(H3,8,9)/p+1. The van der Waals surface area contributed by atoms with Crippen molar-refractivity contribution in [3.8, 4) is 0 Å². The van der Waals surface area contributed by atoms with Gasteiger partial charge in [-0.3, -0.25) is 5.41 Å². The molecule has 0 aliphatic rings. The van der Waals surface area contributed by atoms with Crippen molar-refractivity contribution in [2.24, 2.45) is 5.73 Å². The van der Waals surface area contributed by atoms with Crippen molar-refractivity contribution in [1.29, 1.82) is 5.41 Å². The van der Waals surface area contributed by atoms with Gasteiger partial charge in [0.25, 0.3) is 0 Å². The van der Waals surface area contributed by atoms with Crippen LogP contribution >= 0.6 is 11.3 Å². The third kappa shape index (κ3) is 1.34. The van der Waals surface area contributed by atoms with Crippen molar-refractivity contribution in [2.75, 3.05) is 0 Å². The van der Waals surface area contributed by atoms with Crippen LogP contribution in [0.2, 0.25) is 0 Å². The van der Waals surface area contributed by atoms with Crippen LogP contribution in [0.5, 0.6) is 0 Å². The Morgan fingerprint density at radius 1 is 1.70 bits per heavy atom. The summed E-state index contributed by atoms with van der Waals surface area (Å²) in [6.45, 7) is 0.776. The average Bonchev–Trinajstić information content (AvgIpc) is 2.34. The topological polar surface area (TPSA) is 77.5 Å². The second-order valence-corrected chi connectivity index (χ2v) is 3.10. The van der Waals surface area contributed by atoms with Crippen molar-refractivity contribution in [1.82, 2.24) is 0 Å². The zero-order valence-corrected chi connectivity index (χ0v) is 6.37. The maximum atomic E-state index is 7.09. The summed E-state index contributed by atoms with van der Waals surface area (Å²) in [5.74, 6) is 0.143. The fourth-order valence-electron chi connectivity index (χ4n) is 0.657. The van der Waals surface area contributed by atoms with Crippen LogP contribution in [0.15, 0.2) is 12.1 Å². The minimum absolute atomic E-state index is 0.143. The SMILES string of the molecule is N=C(N)c1ccc(C[NH3+])s1. The Balaban J connectivity index is 2.88. The molecule has 1 aromatic heterocycles. The van der Waals surface area contributed by atoms with Gasteiger partial charge in [0.15, 0.2) is 0 Å². The molecule has 6 N–H and O–H groups in total. The Bertz CT molecular complexity index is 241. The molecular weight excluding hydrogens is 146 g/mol. The summed E-state index contributed by atoms with van der Waals surface area (Å²) in [5, 5.41) is 7.09. The summed E-state index contributed by atoms with van der Waals surface area (Å²) in [6.07, 6.45) is 0. The highest BCUT2D eigenvalue weighted by Gasteiger charge is 2.00. The lowest BCUT2D eigenvalue weighted by atomic mass is 10.4. The molecule has 0 saturated carbocycles. The fourth-order valence-corrected chi connectivity index (χ4v) is 1.42. The summed E-state index contributed by atoms with van der Waals surface area (Å²) in [5.41, 5.74) is 8.98. The molecule has 0 unspecified atom stereocenters. The molecule has 0 spiro atoms. The number of thiophene rings is 1. The molecule has 0 aromatic carbocycles. The Labute approximate surface area is 63.2 Å². The third-order valence-electron chi connectivity index (χ3n) is 1.17. The van der Waals surface area contributed by atoms with E-state index in [-0.39, 0.29) is 5.84 Å². The highest BCUT2D eigenvalue weighted by Crippen LogP contribution is 2.13. The first-order chi connectivity index (χ1) is 4.74. The van der Waals surface area contributed by atoms with Gasteiger partial charge in [-0.1, -0.05) is 0 Å². The molecule has 3 nitrogen and oxygen atoms in total. The zero-order chi connectivity index (χ0) is 7.56. The van der Waals surface area contributed by atoms with E-state index in [1.165, 1.54) is 16.2 Å². The van der Waals surface area contributed by atoms with E-state index in [0.717, 1.165) is 11.4 Å². The van der Waals surface area contributed by atoms with E-state index in [0.29, 0.717) is 0 Å². The lowest BCUT2D eigenvalue weighted by molar-refractivity contribution is -0.385. The highest BCUT2D eigenvalue weighted by molar-refractivity contribution is 7.14. The van der Waals surface area contributed by atoms with E-state index in [9.17, 15) is 0 Å². The number of nitrogens with two attached hydrogens (primary N) is 1.